The van der Waals surface area contributed by atoms with Crippen LogP contribution in [0.5, 0.6) is 0 Å². The predicted molar refractivity (Wildman–Crippen MR) is 196 cm³/mol. The molecule has 0 atom stereocenters. The summed E-state index contributed by atoms with van der Waals surface area (Å²) in [6, 6.07) is 57.8. The van der Waals surface area contributed by atoms with Gasteiger partial charge in [-0.15, -0.1) is 0 Å². The predicted octanol–water partition coefficient (Wildman–Crippen LogP) is 12.9. The van der Waals surface area contributed by atoms with E-state index in [1.54, 1.807) is 0 Å². The number of anilines is 3. The minimum atomic E-state index is 0.843. The van der Waals surface area contributed by atoms with Crippen LogP contribution in [0.15, 0.2) is 173 Å². The molecule has 0 unspecified atom stereocenters. The normalized spacial score (nSPS) is 11.8. The molecule has 0 aliphatic heterocycles. The van der Waals surface area contributed by atoms with Crippen molar-refractivity contribution in [2.45, 2.75) is 0 Å². The second-order valence-electron chi connectivity index (χ2n) is 12.1. The number of fused-ring (bicyclic) bond motifs is 9. The molecule has 3 heteroatoms. The molecule has 0 N–H and O–H groups in total. The number of benzene rings is 8. The van der Waals surface area contributed by atoms with E-state index in [2.05, 4.69) is 157 Å². The van der Waals surface area contributed by atoms with Gasteiger partial charge in [-0.2, -0.15) is 0 Å². The van der Waals surface area contributed by atoms with Gasteiger partial charge < -0.3 is 13.7 Å². The molecule has 2 aromatic heterocycles. The van der Waals surface area contributed by atoms with Gasteiger partial charge in [0.2, 0.25) is 0 Å². The van der Waals surface area contributed by atoms with Crippen LogP contribution in [0.2, 0.25) is 0 Å². The van der Waals surface area contributed by atoms with Gasteiger partial charge in [0.15, 0.2) is 5.58 Å². The molecule has 0 spiro atoms. The molecule has 2 heterocycles. The molecule has 0 aliphatic carbocycles. The number of nitrogens with zero attached hydrogens (tertiary/aromatic N) is 1. The Hall–Kier alpha value is -6.32. The van der Waals surface area contributed by atoms with Gasteiger partial charge in [0.05, 0.1) is 11.4 Å². The first-order valence-electron chi connectivity index (χ1n) is 15.9. The van der Waals surface area contributed by atoms with Crippen LogP contribution in [0.3, 0.4) is 0 Å². The van der Waals surface area contributed by atoms with Gasteiger partial charge in [-0.1, -0.05) is 115 Å². The maximum atomic E-state index is 6.97. The molecule has 0 saturated carbocycles. The van der Waals surface area contributed by atoms with Crippen LogP contribution in [0.4, 0.5) is 17.1 Å². The molecule has 0 radical (unpaired) electrons. The van der Waals surface area contributed by atoms with Crippen LogP contribution in [0.25, 0.3) is 76.5 Å². The van der Waals surface area contributed by atoms with Crippen molar-refractivity contribution in [2.24, 2.45) is 0 Å². The standard InChI is InChI=1S/C44H27NO2/c1-2-12-29(13-3-1)38-27-39-37-18-10-19-40(44(37)47-43(39)36-17-7-6-15-33(36)38)45(31-22-21-28-11-4-5-14-30(28)25-31)32-23-24-35-34-16-8-9-20-41(34)46-42(35)26-32/h1-27H. The summed E-state index contributed by atoms with van der Waals surface area (Å²) in [6.45, 7) is 0. The van der Waals surface area contributed by atoms with Gasteiger partial charge in [0, 0.05) is 38.7 Å². The zero-order chi connectivity index (χ0) is 30.9. The third-order valence-electron chi connectivity index (χ3n) is 9.42. The first-order chi connectivity index (χ1) is 23.3. The lowest BCUT2D eigenvalue weighted by molar-refractivity contribution is 0.668. The molecule has 220 valence electrons. The molecule has 0 aliphatic rings. The molecule has 8 aromatic carbocycles. The minimum Gasteiger partial charge on any atom is -0.456 e. The SMILES string of the molecule is c1ccc(-c2cc3c4cccc(N(c5ccc6ccccc6c5)c5ccc6c(c5)oc5ccccc56)c4oc3c3ccccc23)cc1. The van der Waals surface area contributed by atoms with Crippen LogP contribution in [-0.4, -0.2) is 0 Å². The number of furan rings is 2. The Balaban J connectivity index is 1.26. The zero-order valence-electron chi connectivity index (χ0n) is 25.4. The van der Waals surface area contributed by atoms with Gasteiger partial charge in [-0.3, -0.25) is 0 Å². The highest BCUT2D eigenvalue weighted by molar-refractivity contribution is 6.21. The molecule has 47 heavy (non-hydrogen) atoms. The molecular weight excluding hydrogens is 574 g/mol. The highest BCUT2D eigenvalue weighted by Gasteiger charge is 2.22. The Morgan fingerprint density at radius 2 is 1.02 bits per heavy atom. The highest BCUT2D eigenvalue weighted by atomic mass is 16.3. The average molecular weight is 602 g/mol. The van der Waals surface area contributed by atoms with E-state index in [-0.39, 0.29) is 0 Å². The second kappa shape index (κ2) is 10.1. The van der Waals surface area contributed by atoms with E-state index in [1.165, 1.54) is 27.3 Å². The summed E-state index contributed by atoms with van der Waals surface area (Å²) in [6.07, 6.45) is 0. The molecule has 0 amide bonds. The third-order valence-corrected chi connectivity index (χ3v) is 9.42. The fraction of sp³-hybridized carbons (Fsp3) is 0. The molecule has 0 fully saturated rings. The zero-order valence-corrected chi connectivity index (χ0v) is 25.4. The summed E-state index contributed by atoms with van der Waals surface area (Å²) in [7, 11) is 0. The van der Waals surface area contributed by atoms with E-state index in [1.807, 2.05) is 12.1 Å². The smallest absolute Gasteiger partial charge is 0.159 e. The van der Waals surface area contributed by atoms with Crippen molar-refractivity contribution < 1.29 is 8.83 Å². The average Bonchev–Trinajstić information content (AvgIpc) is 3.70. The van der Waals surface area contributed by atoms with Crippen molar-refractivity contribution in [2.75, 3.05) is 4.90 Å². The monoisotopic (exact) mass is 601 g/mol. The maximum absolute atomic E-state index is 6.97. The van der Waals surface area contributed by atoms with E-state index in [9.17, 15) is 0 Å². The van der Waals surface area contributed by atoms with Crippen LogP contribution in [0, 0.1) is 0 Å². The summed E-state index contributed by atoms with van der Waals surface area (Å²) >= 11 is 0. The maximum Gasteiger partial charge on any atom is 0.159 e. The third kappa shape index (κ3) is 4.00. The Morgan fingerprint density at radius 3 is 1.91 bits per heavy atom. The Morgan fingerprint density at radius 1 is 0.362 bits per heavy atom. The van der Waals surface area contributed by atoms with E-state index in [4.69, 9.17) is 8.83 Å². The van der Waals surface area contributed by atoms with Gasteiger partial charge >= 0.3 is 0 Å². The quantitative estimate of drug-likeness (QED) is 0.201. The largest absolute Gasteiger partial charge is 0.456 e. The van der Waals surface area contributed by atoms with Crippen molar-refractivity contribution in [1.82, 2.24) is 0 Å². The second-order valence-corrected chi connectivity index (χ2v) is 12.1. The van der Waals surface area contributed by atoms with E-state index < -0.39 is 0 Å². The molecular formula is C44H27NO2. The lowest BCUT2D eigenvalue weighted by Gasteiger charge is -2.26. The van der Waals surface area contributed by atoms with Gasteiger partial charge in [0.25, 0.3) is 0 Å². The molecule has 10 rings (SSSR count). The van der Waals surface area contributed by atoms with Crippen molar-refractivity contribution in [3.05, 3.63) is 164 Å². The van der Waals surface area contributed by atoms with E-state index in [0.717, 1.165) is 66.3 Å². The van der Waals surface area contributed by atoms with Gasteiger partial charge in [-0.25, -0.2) is 0 Å². The summed E-state index contributed by atoms with van der Waals surface area (Å²) in [4.78, 5) is 2.30. The van der Waals surface area contributed by atoms with E-state index in [0.29, 0.717) is 0 Å². The molecule has 0 saturated heterocycles. The fourth-order valence-electron chi connectivity index (χ4n) is 7.23. The first kappa shape index (κ1) is 26.0. The topological polar surface area (TPSA) is 29.5 Å². The molecule has 3 nitrogen and oxygen atoms in total. The van der Waals surface area contributed by atoms with Gasteiger partial charge in [0.1, 0.15) is 16.7 Å². The lowest BCUT2D eigenvalue weighted by Crippen LogP contribution is -2.10. The first-order valence-corrected chi connectivity index (χ1v) is 15.9. The molecule has 0 bridgehead atoms. The fourth-order valence-corrected chi connectivity index (χ4v) is 7.23. The summed E-state index contributed by atoms with van der Waals surface area (Å²) in [5, 5.41) is 9.06. The van der Waals surface area contributed by atoms with Crippen LogP contribution in [0.1, 0.15) is 0 Å². The number of rotatable bonds is 4. The Kier molecular flexibility index (Phi) is 5.57. The van der Waals surface area contributed by atoms with Crippen molar-refractivity contribution in [1.29, 1.82) is 0 Å². The van der Waals surface area contributed by atoms with E-state index >= 15 is 0 Å². The lowest BCUT2D eigenvalue weighted by atomic mass is 9.95. The minimum absolute atomic E-state index is 0.843. The van der Waals surface area contributed by atoms with Gasteiger partial charge in [-0.05, 0) is 69.8 Å². The van der Waals surface area contributed by atoms with Crippen LogP contribution >= 0.6 is 0 Å². The summed E-state index contributed by atoms with van der Waals surface area (Å²) in [5.41, 5.74) is 8.87. The number of hydrogen-bond donors (Lipinski definition) is 0. The highest BCUT2D eigenvalue weighted by Crippen LogP contribution is 2.46. The summed E-state index contributed by atoms with van der Waals surface area (Å²) < 4.78 is 13.3. The van der Waals surface area contributed by atoms with Crippen LogP contribution < -0.4 is 4.90 Å². The molecule has 10 aromatic rings. The Bertz CT molecular complexity index is 2810. The van der Waals surface area contributed by atoms with Crippen LogP contribution in [-0.2, 0) is 0 Å². The van der Waals surface area contributed by atoms with Crippen molar-refractivity contribution >= 4 is 82.5 Å². The Labute approximate surface area is 270 Å². The van der Waals surface area contributed by atoms with Crippen molar-refractivity contribution in [3.8, 4) is 11.1 Å². The summed E-state index contributed by atoms with van der Waals surface area (Å²) in [5.74, 6) is 0. The number of para-hydroxylation sites is 2. The number of hydrogen-bond acceptors (Lipinski definition) is 3. The van der Waals surface area contributed by atoms with Crippen molar-refractivity contribution in [3.63, 3.8) is 0 Å².